The van der Waals surface area contributed by atoms with Gasteiger partial charge >= 0.3 is 0 Å². The zero-order valence-electron chi connectivity index (χ0n) is 9.78. The van der Waals surface area contributed by atoms with Crippen molar-refractivity contribution in [2.75, 3.05) is 0 Å². The van der Waals surface area contributed by atoms with Crippen molar-refractivity contribution in [3.8, 4) is 11.3 Å². The van der Waals surface area contributed by atoms with E-state index in [1.807, 2.05) is 42.5 Å². The van der Waals surface area contributed by atoms with Crippen LogP contribution >= 0.6 is 31.9 Å². The molecule has 0 bridgehead atoms. The minimum absolute atomic E-state index is 0.00889. The van der Waals surface area contributed by atoms with E-state index < -0.39 is 0 Å². The summed E-state index contributed by atoms with van der Waals surface area (Å²) in [4.78, 5) is 15.5. The van der Waals surface area contributed by atoms with Gasteiger partial charge in [0.1, 0.15) is 0 Å². The Morgan fingerprint density at radius 2 is 1.68 bits per heavy atom. The van der Waals surface area contributed by atoms with Crippen LogP contribution in [0.1, 0.15) is 0 Å². The SMILES string of the molecule is O=c1cc(-c2ccccc2)[nH]c2c(Br)cc(Br)cc12. The molecule has 0 spiro atoms. The molecule has 0 aliphatic heterocycles. The number of halogens is 2. The van der Waals surface area contributed by atoms with E-state index in [0.29, 0.717) is 5.39 Å². The number of aromatic amines is 1. The highest BCUT2D eigenvalue weighted by Crippen LogP contribution is 2.27. The lowest BCUT2D eigenvalue weighted by atomic mass is 10.1. The number of aromatic nitrogens is 1. The van der Waals surface area contributed by atoms with Crippen molar-refractivity contribution >= 4 is 42.8 Å². The van der Waals surface area contributed by atoms with Gasteiger partial charge in [-0.2, -0.15) is 0 Å². The van der Waals surface area contributed by atoms with Crippen molar-refractivity contribution in [2.24, 2.45) is 0 Å². The molecule has 2 nitrogen and oxygen atoms in total. The monoisotopic (exact) mass is 377 g/mol. The van der Waals surface area contributed by atoms with Gasteiger partial charge in [-0.1, -0.05) is 46.3 Å². The molecular weight excluding hydrogens is 370 g/mol. The number of pyridine rings is 1. The summed E-state index contributed by atoms with van der Waals surface area (Å²) < 4.78 is 1.75. The molecule has 0 radical (unpaired) electrons. The largest absolute Gasteiger partial charge is 0.353 e. The molecule has 0 fully saturated rings. The number of hydrogen-bond donors (Lipinski definition) is 1. The van der Waals surface area contributed by atoms with Crippen molar-refractivity contribution < 1.29 is 0 Å². The fraction of sp³-hybridized carbons (Fsp3) is 0. The number of fused-ring (bicyclic) bond motifs is 1. The Labute approximate surface area is 126 Å². The lowest BCUT2D eigenvalue weighted by Gasteiger charge is -2.06. The Morgan fingerprint density at radius 1 is 0.947 bits per heavy atom. The molecule has 4 heteroatoms. The lowest BCUT2D eigenvalue weighted by molar-refractivity contribution is 1.37. The molecule has 0 saturated heterocycles. The Bertz CT molecular complexity index is 809. The number of H-pyrrole nitrogens is 1. The topological polar surface area (TPSA) is 32.9 Å². The van der Waals surface area contributed by atoms with Crippen molar-refractivity contribution in [2.45, 2.75) is 0 Å². The van der Waals surface area contributed by atoms with E-state index in [1.54, 1.807) is 6.07 Å². The third kappa shape index (κ3) is 2.38. The van der Waals surface area contributed by atoms with Crippen LogP contribution in [0.3, 0.4) is 0 Å². The van der Waals surface area contributed by atoms with Crippen LogP contribution in [0.2, 0.25) is 0 Å². The van der Waals surface area contributed by atoms with Crippen LogP contribution in [0.5, 0.6) is 0 Å². The second kappa shape index (κ2) is 4.94. The van der Waals surface area contributed by atoms with Crippen LogP contribution in [0.4, 0.5) is 0 Å². The zero-order chi connectivity index (χ0) is 13.4. The maximum absolute atomic E-state index is 12.2. The average molecular weight is 379 g/mol. The number of hydrogen-bond acceptors (Lipinski definition) is 1. The Morgan fingerprint density at radius 3 is 2.42 bits per heavy atom. The second-order valence-corrected chi connectivity index (χ2v) is 5.99. The minimum atomic E-state index is 0.00889. The first-order valence-electron chi connectivity index (χ1n) is 5.72. The molecule has 1 aromatic heterocycles. The van der Waals surface area contributed by atoms with Crippen LogP contribution in [-0.2, 0) is 0 Å². The van der Waals surface area contributed by atoms with Crippen LogP contribution in [-0.4, -0.2) is 4.98 Å². The molecular formula is C15H9Br2NO. The highest BCUT2D eigenvalue weighted by molar-refractivity contribution is 9.11. The van der Waals surface area contributed by atoms with Gasteiger partial charge in [0.15, 0.2) is 5.43 Å². The summed E-state index contributed by atoms with van der Waals surface area (Å²) >= 11 is 6.89. The molecule has 2 aromatic carbocycles. The molecule has 3 rings (SSSR count). The fourth-order valence-electron chi connectivity index (χ4n) is 2.05. The normalized spacial score (nSPS) is 10.8. The highest BCUT2D eigenvalue weighted by atomic mass is 79.9. The Hall–Kier alpha value is -1.39. The van der Waals surface area contributed by atoms with Crippen molar-refractivity contribution in [3.05, 3.63) is 67.7 Å². The van der Waals surface area contributed by atoms with Crippen molar-refractivity contribution in [1.82, 2.24) is 4.98 Å². The van der Waals surface area contributed by atoms with Crippen LogP contribution in [0, 0.1) is 0 Å². The molecule has 3 aromatic rings. The lowest BCUT2D eigenvalue weighted by Crippen LogP contribution is -2.03. The average Bonchev–Trinajstić information content (AvgIpc) is 2.41. The van der Waals surface area contributed by atoms with E-state index in [4.69, 9.17) is 0 Å². The van der Waals surface area contributed by atoms with Gasteiger partial charge in [0, 0.05) is 26.1 Å². The van der Waals surface area contributed by atoms with Crippen molar-refractivity contribution in [3.63, 3.8) is 0 Å². The second-order valence-electron chi connectivity index (χ2n) is 4.22. The standard InChI is InChI=1S/C15H9Br2NO/c16-10-6-11-14(19)8-13(9-4-2-1-3-5-9)18-15(11)12(17)7-10/h1-8H,(H,18,19). The molecule has 0 aliphatic rings. The smallest absolute Gasteiger partial charge is 0.190 e. The molecule has 0 amide bonds. The molecule has 1 heterocycles. The summed E-state index contributed by atoms with van der Waals surface area (Å²) in [5.41, 5.74) is 2.64. The van der Waals surface area contributed by atoms with E-state index in [-0.39, 0.29) is 5.43 Å². The first-order chi connectivity index (χ1) is 9.15. The van der Waals surface area contributed by atoms with Gasteiger partial charge in [-0.05, 0) is 33.6 Å². The molecule has 1 N–H and O–H groups in total. The summed E-state index contributed by atoms with van der Waals surface area (Å²) in [6.07, 6.45) is 0. The summed E-state index contributed by atoms with van der Waals surface area (Å²) in [6.45, 7) is 0. The molecule has 0 unspecified atom stereocenters. The van der Waals surface area contributed by atoms with E-state index in [1.165, 1.54) is 0 Å². The summed E-state index contributed by atoms with van der Waals surface area (Å²) in [5, 5.41) is 0.668. The predicted octanol–water partition coefficient (Wildman–Crippen LogP) is 4.72. The maximum atomic E-state index is 12.2. The molecule has 94 valence electrons. The van der Waals surface area contributed by atoms with Crippen LogP contribution < -0.4 is 5.43 Å². The molecule has 0 atom stereocenters. The molecule has 19 heavy (non-hydrogen) atoms. The van der Waals surface area contributed by atoms with Gasteiger partial charge < -0.3 is 4.98 Å². The Kier molecular flexibility index (Phi) is 3.29. The zero-order valence-corrected chi connectivity index (χ0v) is 13.0. The van der Waals surface area contributed by atoms with E-state index in [2.05, 4.69) is 36.8 Å². The van der Waals surface area contributed by atoms with E-state index in [9.17, 15) is 4.79 Å². The molecule has 0 aliphatic carbocycles. The summed E-state index contributed by atoms with van der Waals surface area (Å²) in [5.74, 6) is 0. The molecule has 0 saturated carbocycles. The predicted molar refractivity (Wildman–Crippen MR) is 85.4 cm³/mol. The van der Waals surface area contributed by atoms with E-state index >= 15 is 0 Å². The van der Waals surface area contributed by atoms with Crippen LogP contribution in [0.15, 0.2) is 62.3 Å². The fourth-order valence-corrected chi connectivity index (χ4v) is 3.37. The maximum Gasteiger partial charge on any atom is 0.190 e. The minimum Gasteiger partial charge on any atom is -0.353 e. The van der Waals surface area contributed by atoms with E-state index in [0.717, 1.165) is 25.7 Å². The van der Waals surface area contributed by atoms with Gasteiger partial charge in [-0.3, -0.25) is 4.79 Å². The van der Waals surface area contributed by atoms with Gasteiger partial charge in [-0.25, -0.2) is 0 Å². The van der Waals surface area contributed by atoms with Crippen molar-refractivity contribution in [1.29, 1.82) is 0 Å². The number of benzene rings is 2. The first-order valence-corrected chi connectivity index (χ1v) is 7.31. The van der Waals surface area contributed by atoms with Gasteiger partial charge in [0.2, 0.25) is 0 Å². The number of rotatable bonds is 1. The summed E-state index contributed by atoms with van der Waals surface area (Å²) in [7, 11) is 0. The van der Waals surface area contributed by atoms with Crippen LogP contribution in [0.25, 0.3) is 22.2 Å². The number of nitrogens with one attached hydrogen (secondary N) is 1. The van der Waals surface area contributed by atoms with Gasteiger partial charge in [-0.15, -0.1) is 0 Å². The quantitative estimate of drug-likeness (QED) is 0.652. The highest BCUT2D eigenvalue weighted by Gasteiger charge is 2.07. The van der Waals surface area contributed by atoms with Gasteiger partial charge in [0.05, 0.1) is 5.52 Å². The summed E-state index contributed by atoms with van der Waals surface area (Å²) in [6, 6.07) is 15.2. The first kappa shape index (κ1) is 12.6. The third-order valence-electron chi connectivity index (χ3n) is 2.94. The van der Waals surface area contributed by atoms with Gasteiger partial charge in [0.25, 0.3) is 0 Å². The third-order valence-corrected chi connectivity index (χ3v) is 4.02. The Balaban J connectivity index is 2.34.